The van der Waals surface area contributed by atoms with E-state index >= 15 is 0 Å². The van der Waals surface area contributed by atoms with Crippen LogP contribution in [-0.4, -0.2) is 36.6 Å². The summed E-state index contributed by atoms with van der Waals surface area (Å²) < 4.78 is 0. The Morgan fingerprint density at radius 3 is 3.22 bits per heavy atom. The summed E-state index contributed by atoms with van der Waals surface area (Å²) in [5.74, 6) is 0.506. The summed E-state index contributed by atoms with van der Waals surface area (Å²) in [6, 6.07) is 3.54. The quantitative estimate of drug-likeness (QED) is 0.646. The highest BCUT2D eigenvalue weighted by Gasteiger charge is 2.25. The summed E-state index contributed by atoms with van der Waals surface area (Å²) in [7, 11) is 1.94. The average molecular weight is 250 g/mol. The number of anilines is 1. The number of nitrogens with zero attached hydrogens (tertiary/aromatic N) is 3. The maximum Gasteiger partial charge on any atom is 0.387 e. The number of hydrogen-bond acceptors (Lipinski definition) is 5. The lowest BCUT2D eigenvalue weighted by atomic mass is 9.97. The van der Waals surface area contributed by atoms with Gasteiger partial charge in [-0.25, -0.2) is 0 Å². The zero-order chi connectivity index (χ0) is 13.0. The zero-order valence-corrected chi connectivity index (χ0v) is 10.5. The topological polar surface area (TPSA) is 71.3 Å². The Hall–Kier alpha value is -1.69. The first-order valence-corrected chi connectivity index (χ1v) is 6.21. The van der Waals surface area contributed by atoms with Gasteiger partial charge in [0.05, 0.1) is 0 Å². The minimum absolute atomic E-state index is 0.0393. The first kappa shape index (κ1) is 12.8. The molecule has 1 atom stereocenters. The Morgan fingerprint density at radius 2 is 2.50 bits per heavy atom. The molecule has 2 heterocycles. The van der Waals surface area contributed by atoms with Crippen molar-refractivity contribution in [2.24, 2.45) is 5.92 Å². The van der Waals surface area contributed by atoms with E-state index in [0.717, 1.165) is 26.1 Å². The molecule has 0 saturated carbocycles. The minimum atomic E-state index is -0.406. The van der Waals surface area contributed by atoms with Gasteiger partial charge in [-0.15, -0.1) is 0 Å². The number of hydrogen-bond donors (Lipinski definition) is 1. The third-order valence-corrected chi connectivity index (χ3v) is 3.29. The summed E-state index contributed by atoms with van der Waals surface area (Å²) in [6.45, 7) is 2.67. The lowest BCUT2D eigenvalue weighted by Gasteiger charge is -2.33. The van der Waals surface area contributed by atoms with Gasteiger partial charge in [-0.3, -0.25) is 0 Å². The lowest BCUT2D eigenvalue weighted by molar-refractivity contribution is -0.388. The number of nitrogens with one attached hydrogen (secondary N) is 1. The van der Waals surface area contributed by atoms with E-state index in [1.54, 1.807) is 12.1 Å². The second-order valence-corrected chi connectivity index (χ2v) is 4.62. The van der Waals surface area contributed by atoms with Crippen LogP contribution in [0.3, 0.4) is 0 Å². The van der Waals surface area contributed by atoms with E-state index < -0.39 is 4.92 Å². The van der Waals surface area contributed by atoms with Crippen molar-refractivity contribution in [3.63, 3.8) is 0 Å². The van der Waals surface area contributed by atoms with E-state index in [2.05, 4.69) is 15.2 Å². The smallest absolute Gasteiger partial charge is 0.364 e. The van der Waals surface area contributed by atoms with E-state index in [9.17, 15) is 10.1 Å². The first-order valence-electron chi connectivity index (χ1n) is 6.21. The van der Waals surface area contributed by atoms with E-state index in [1.165, 1.54) is 12.6 Å². The maximum atomic E-state index is 11.0. The molecule has 98 valence electrons. The van der Waals surface area contributed by atoms with E-state index in [-0.39, 0.29) is 5.82 Å². The maximum absolute atomic E-state index is 11.0. The van der Waals surface area contributed by atoms with Crippen LogP contribution in [0, 0.1) is 16.0 Å². The highest BCUT2D eigenvalue weighted by Crippen LogP contribution is 2.29. The van der Waals surface area contributed by atoms with Crippen LogP contribution in [0.2, 0.25) is 0 Å². The van der Waals surface area contributed by atoms with Gasteiger partial charge in [0.2, 0.25) is 0 Å². The molecule has 1 aliphatic rings. The Bertz CT molecular complexity index is 422. The summed E-state index contributed by atoms with van der Waals surface area (Å²) in [5.41, 5.74) is 0.642. The van der Waals surface area contributed by atoms with E-state index in [4.69, 9.17) is 0 Å². The second-order valence-electron chi connectivity index (χ2n) is 4.62. The van der Waals surface area contributed by atoms with Crippen LogP contribution >= 0.6 is 0 Å². The van der Waals surface area contributed by atoms with E-state index in [1.807, 2.05) is 7.05 Å². The summed E-state index contributed by atoms with van der Waals surface area (Å²) in [6.07, 6.45) is 3.71. The van der Waals surface area contributed by atoms with Crippen molar-refractivity contribution in [1.82, 2.24) is 10.3 Å². The minimum Gasteiger partial charge on any atom is -0.364 e. The van der Waals surface area contributed by atoms with Gasteiger partial charge in [0.25, 0.3) is 0 Å². The molecule has 0 bridgehead atoms. The molecule has 0 aromatic carbocycles. The van der Waals surface area contributed by atoms with Crippen molar-refractivity contribution in [3.05, 3.63) is 28.4 Å². The fourth-order valence-electron chi connectivity index (χ4n) is 2.52. The first-order chi connectivity index (χ1) is 8.72. The van der Waals surface area contributed by atoms with E-state index in [0.29, 0.717) is 11.6 Å². The zero-order valence-electron chi connectivity index (χ0n) is 10.5. The molecule has 1 unspecified atom stereocenters. The van der Waals surface area contributed by atoms with Gasteiger partial charge < -0.3 is 20.3 Å². The normalized spacial score (nSPS) is 19.8. The fourth-order valence-corrected chi connectivity index (χ4v) is 2.52. The SMILES string of the molecule is CNCC1CCCN(c2cccnc2[N+](=O)[O-])C1. The van der Waals surface area contributed by atoms with Crippen LogP contribution in [0.15, 0.2) is 18.3 Å². The van der Waals surface area contributed by atoms with Crippen molar-refractivity contribution >= 4 is 11.5 Å². The predicted octanol–water partition coefficient (Wildman–Crippen LogP) is 1.43. The number of rotatable bonds is 4. The summed E-state index contributed by atoms with van der Waals surface area (Å²) in [5, 5.41) is 14.1. The molecule has 1 aromatic heterocycles. The molecule has 2 rings (SSSR count). The van der Waals surface area contributed by atoms with Crippen LogP contribution in [-0.2, 0) is 0 Å². The third kappa shape index (κ3) is 2.76. The monoisotopic (exact) mass is 250 g/mol. The molecule has 0 amide bonds. The third-order valence-electron chi connectivity index (χ3n) is 3.29. The Labute approximate surface area is 106 Å². The Balaban J connectivity index is 2.18. The number of nitro groups is 1. The molecule has 1 aliphatic heterocycles. The largest absolute Gasteiger partial charge is 0.387 e. The molecular formula is C12H18N4O2. The highest BCUT2D eigenvalue weighted by molar-refractivity contribution is 5.59. The molecule has 18 heavy (non-hydrogen) atoms. The van der Waals surface area contributed by atoms with Crippen molar-refractivity contribution in [2.75, 3.05) is 31.6 Å². The second kappa shape index (κ2) is 5.77. The standard InChI is InChI=1S/C12H18N4O2/c1-13-8-10-4-3-7-15(9-10)11-5-2-6-14-12(11)16(17)18/h2,5-6,10,13H,3-4,7-9H2,1H3. The van der Waals surface area contributed by atoms with Gasteiger partial charge in [-0.1, -0.05) is 0 Å². The van der Waals surface area contributed by atoms with Gasteiger partial charge in [0.15, 0.2) is 0 Å². The average Bonchev–Trinajstić information content (AvgIpc) is 2.39. The highest BCUT2D eigenvalue weighted by atomic mass is 16.6. The number of aromatic nitrogens is 1. The summed E-state index contributed by atoms with van der Waals surface area (Å²) >= 11 is 0. The van der Waals surface area contributed by atoms with Gasteiger partial charge in [-0.2, -0.15) is 0 Å². The van der Waals surface area contributed by atoms with Crippen LogP contribution < -0.4 is 10.2 Å². The van der Waals surface area contributed by atoms with Crippen molar-refractivity contribution in [2.45, 2.75) is 12.8 Å². The Morgan fingerprint density at radius 1 is 1.67 bits per heavy atom. The van der Waals surface area contributed by atoms with Crippen LogP contribution in [0.25, 0.3) is 0 Å². The van der Waals surface area contributed by atoms with Crippen LogP contribution in [0.5, 0.6) is 0 Å². The molecule has 1 saturated heterocycles. The van der Waals surface area contributed by atoms with Crippen LogP contribution in [0.1, 0.15) is 12.8 Å². The molecule has 1 aromatic rings. The molecule has 1 N–H and O–H groups in total. The number of pyridine rings is 1. The lowest BCUT2D eigenvalue weighted by Crippen LogP contribution is -2.39. The fraction of sp³-hybridized carbons (Fsp3) is 0.583. The molecular weight excluding hydrogens is 232 g/mol. The molecule has 6 nitrogen and oxygen atoms in total. The van der Waals surface area contributed by atoms with Crippen molar-refractivity contribution in [1.29, 1.82) is 0 Å². The van der Waals surface area contributed by atoms with Gasteiger partial charge in [0, 0.05) is 13.1 Å². The number of piperidine rings is 1. The summed E-state index contributed by atoms with van der Waals surface area (Å²) in [4.78, 5) is 16.5. The predicted molar refractivity (Wildman–Crippen MR) is 69.8 cm³/mol. The molecule has 0 spiro atoms. The molecule has 6 heteroatoms. The Kier molecular flexibility index (Phi) is 4.09. The van der Waals surface area contributed by atoms with Crippen molar-refractivity contribution in [3.8, 4) is 0 Å². The van der Waals surface area contributed by atoms with Crippen molar-refractivity contribution < 1.29 is 4.92 Å². The van der Waals surface area contributed by atoms with Gasteiger partial charge in [0.1, 0.15) is 11.9 Å². The molecule has 0 aliphatic carbocycles. The van der Waals surface area contributed by atoms with Gasteiger partial charge >= 0.3 is 5.82 Å². The molecule has 1 fully saturated rings. The molecule has 0 radical (unpaired) electrons. The van der Waals surface area contributed by atoms with Gasteiger partial charge in [-0.05, 0) is 54.4 Å². The van der Waals surface area contributed by atoms with Crippen LogP contribution in [0.4, 0.5) is 11.5 Å².